The van der Waals surface area contributed by atoms with Gasteiger partial charge in [-0.3, -0.25) is 0 Å². The average molecular weight is 323 g/mol. The summed E-state index contributed by atoms with van der Waals surface area (Å²) in [6, 6.07) is 10.0. The van der Waals surface area contributed by atoms with Gasteiger partial charge in [-0.15, -0.1) is 0 Å². The first-order chi connectivity index (χ1) is 10.2. The summed E-state index contributed by atoms with van der Waals surface area (Å²) in [7, 11) is -3.69. The van der Waals surface area contributed by atoms with Gasteiger partial charge in [-0.2, -0.15) is 0 Å². The van der Waals surface area contributed by atoms with Crippen LogP contribution in [0.2, 0.25) is 0 Å². The normalized spacial score (nSPS) is 15.0. The number of rotatable bonds is 6. The van der Waals surface area contributed by atoms with Crippen LogP contribution in [0.3, 0.4) is 0 Å². The molecule has 0 saturated heterocycles. The summed E-state index contributed by atoms with van der Waals surface area (Å²) in [5.74, 6) is 0.549. The van der Waals surface area contributed by atoms with Crippen molar-refractivity contribution in [1.82, 2.24) is 4.72 Å². The lowest BCUT2D eigenvalue weighted by atomic mass is 10.0. The van der Waals surface area contributed by atoms with Crippen LogP contribution in [-0.2, 0) is 15.6 Å². The van der Waals surface area contributed by atoms with Gasteiger partial charge in [0.1, 0.15) is 11.4 Å². The lowest BCUT2D eigenvalue weighted by Crippen LogP contribution is -2.38. The molecule has 0 aliphatic heterocycles. The second kappa shape index (κ2) is 6.24. The van der Waals surface area contributed by atoms with E-state index in [1.54, 1.807) is 24.3 Å². The Morgan fingerprint density at radius 1 is 1.27 bits per heavy atom. The van der Waals surface area contributed by atoms with E-state index in [2.05, 4.69) is 4.72 Å². The Morgan fingerprint density at radius 2 is 2.00 bits per heavy atom. The van der Waals surface area contributed by atoms with Crippen molar-refractivity contribution >= 4 is 10.0 Å². The summed E-state index contributed by atoms with van der Waals surface area (Å²) in [5.41, 5.74) is -0.465. The summed E-state index contributed by atoms with van der Waals surface area (Å²) in [6.45, 7) is 5.33. The van der Waals surface area contributed by atoms with E-state index in [0.717, 1.165) is 5.56 Å². The van der Waals surface area contributed by atoms with Crippen molar-refractivity contribution in [3.05, 3.63) is 54.0 Å². The molecule has 22 heavy (non-hydrogen) atoms. The molecular weight excluding hydrogens is 302 g/mol. The molecule has 0 aliphatic carbocycles. The van der Waals surface area contributed by atoms with Gasteiger partial charge in [0, 0.05) is 6.54 Å². The SMILES string of the molecule is CC(C)c1cccc(S(=O)(=O)NC[C@@](C)(O)c2ccco2)c1. The highest BCUT2D eigenvalue weighted by Gasteiger charge is 2.28. The zero-order chi connectivity index (χ0) is 16.4. The number of nitrogens with one attached hydrogen (secondary N) is 1. The van der Waals surface area contributed by atoms with Crippen molar-refractivity contribution in [2.24, 2.45) is 0 Å². The van der Waals surface area contributed by atoms with Crippen LogP contribution in [-0.4, -0.2) is 20.1 Å². The van der Waals surface area contributed by atoms with E-state index >= 15 is 0 Å². The highest BCUT2D eigenvalue weighted by Crippen LogP contribution is 2.22. The predicted molar refractivity (Wildman–Crippen MR) is 84.0 cm³/mol. The highest BCUT2D eigenvalue weighted by molar-refractivity contribution is 7.89. The van der Waals surface area contributed by atoms with Crippen molar-refractivity contribution in [1.29, 1.82) is 0 Å². The van der Waals surface area contributed by atoms with Crippen LogP contribution >= 0.6 is 0 Å². The van der Waals surface area contributed by atoms with Gasteiger partial charge in [-0.05, 0) is 42.7 Å². The molecule has 0 radical (unpaired) electrons. The number of aliphatic hydroxyl groups is 1. The number of hydrogen-bond donors (Lipinski definition) is 2. The highest BCUT2D eigenvalue weighted by atomic mass is 32.2. The van der Waals surface area contributed by atoms with Gasteiger partial charge in [-0.25, -0.2) is 13.1 Å². The first-order valence-electron chi connectivity index (χ1n) is 7.08. The van der Waals surface area contributed by atoms with E-state index < -0.39 is 15.6 Å². The molecule has 0 unspecified atom stereocenters. The molecule has 0 amide bonds. The third-order valence-electron chi connectivity index (χ3n) is 3.49. The van der Waals surface area contributed by atoms with Crippen molar-refractivity contribution in [2.45, 2.75) is 37.2 Å². The number of furan rings is 1. The molecule has 0 spiro atoms. The average Bonchev–Trinajstić information content (AvgIpc) is 3.01. The molecule has 2 N–H and O–H groups in total. The molecule has 1 aromatic heterocycles. The third kappa shape index (κ3) is 3.76. The summed E-state index contributed by atoms with van der Waals surface area (Å²) in [4.78, 5) is 0.189. The molecule has 0 fully saturated rings. The molecule has 5 nitrogen and oxygen atoms in total. The van der Waals surface area contributed by atoms with E-state index in [-0.39, 0.29) is 17.4 Å². The topological polar surface area (TPSA) is 79.5 Å². The summed E-state index contributed by atoms with van der Waals surface area (Å²) < 4.78 is 32.3. The fourth-order valence-corrected chi connectivity index (χ4v) is 3.22. The van der Waals surface area contributed by atoms with Gasteiger partial charge in [0.15, 0.2) is 0 Å². The Labute approximate surface area is 131 Å². The zero-order valence-electron chi connectivity index (χ0n) is 12.9. The van der Waals surface area contributed by atoms with E-state index in [1.807, 2.05) is 19.9 Å². The van der Waals surface area contributed by atoms with Crippen molar-refractivity contribution in [3.8, 4) is 0 Å². The lowest BCUT2D eigenvalue weighted by molar-refractivity contribution is 0.0395. The molecule has 1 atom stereocenters. The maximum absolute atomic E-state index is 12.4. The zero-order valence-corrected chi connectivity index (χ0v) is 13.7. The first-order valence-corrected chi connectivity index (χ1v) is 8.57. The van der Waals surface area contributed by atoms with Gasteiger partial charge in [0.2, 0.25) is 10.0 Å². The minimum atomic E-state index is -3.69. The Balaban J connectivity index is 2.16. The van der Waals surface area contributed by atoms with Crippen LogP contribution in [0.25, 0.3) is 0 Å². The predicted octanol–water partition coefficient (Wildman–Crippen LogP) is 2.59. The molecule has 0 bridgehead atoms. The smallest absolute Gasteiger partial charge is 0.240 e. The van der Waals surface area contributed by atoms with E-state index in [9.17, 15) is 13.5 Å². The standard InChI is InChI=1S/C16H21NO4S/c1-12(2)13-6-4-7-14(10-13)22(19,20)17-11-16(3,18)15-8-5-9-21-15/h4-10,12,17-18H,11H2,1-3H3/t16-/m1/s1. The van der Waals surface area contributed by atoms with Crippen LogP contribution in [0, 0.1) is 0 Å². The van der Waals surface area contributed by atoms with Gasteiger partial charge < -0.3 is 9.52 Å². The lowest BCUT2D eigenvalue weighted by Gasteiger charge is -2.21. The Kier molecular flexibility index (Phi) is 4.75. The van der Waals surface area contributed by atoms with Crippen LogP contribution in [0.1, 0.15) is 38.0 Å². The Bertz CT molecular complexity index is 718. The van der Waals surface area contributed by atoms with Gasteiger partial charge in [-0.1, -0.05) is 26.0 Å². The van der Waals surface area contributed by atoms with Crippen molar-refractivity contribution in [3.63, 3.8) is 0 Å². The molecule has 6 heteroatoms. The molecule has 0 aliphatic rings. The van der Waals surface area contributed by atoms with E-state index in [0.29, 0.717) is 5.76 Å². The summed E-state index contributed by atoms with van der Waals surface area (Å²) in [5, 5.41) is 10.3. The fourth-order valence-electron chi connectivity index (χ4n) is 2.03. The minimum absolute atomic E-state index is 0.172. The van der Waals surface area contributed by atoms with Crippen LogP contribution in [0.4, 0.5) is 0 Å². The van der Waals surface area contributed by atoms with Crippen LogP contribution in [0.15, 0.2) is 52.0 Å². The quantitative estimate of drug-likeness (QED) is 0.856. The van der Waals surface area contributed by atoms with Gasteiger partial charge in [0.25, 0.3) is 0 Å². The largest absolute Gasteiger partial charge is 0.466 e. The minimum Gasteiger partial charge on any atom is -0.466 e. The molecule has 1 aromatic carbocycles. The molecule has 2 rings (SSSR count). The van der Waals surface area contributed by atoms with Crippen LogP contribution < -0.4 is 4.72 Å². The van der Waals surface area contributed by atoms with E-state index in [4.69, 9.17) is 4.42 Å². The number of hydrogen-bond acceptors (Lipinski definition) is 4. The van der Waals surface area contributed by atoms with Crippen molar-refractivity contribution in [2.75, 3.05) is 6.54 Å². The summed E-state index contributed by atoms with van der Waals surface area (Å²) in [6.07, 6.45) is 1.43. The number of sulfonamides is 1. The van der Waals surface area contributed by atoms with Crippen LogP contribution in [0.5, 0.6) is 0 Å². The Morgan fingerprint density at radius 3 is 2.59 bits per heavy atom. The monoisotopic (exact) mass is 323 g/mol. The molecule has 2 aromatic rings. The second-order valence-electron chi connectivity index (χ2n) is 5.80. The van der Waals surface area contributed by atoms with E-state index in [1.165, 1.54) is 19.3 Å². The van der Waals surface area contributed by atoms with Crippen molar-refractivity contribution < 1.29 is 17.9 Å². The fraction of sp³-hybridized carbons (Fsp3) is 0.375. The third-order valence-corrected chi connectivity index (χ3v) is 4.89. The Hall–Kier alpha value is -1.63. The molecule has 120 valence electrons. The molecule has 0 saturated carbocycles. The first kappa shape index (κ1) is 16.7. The molecule has 1 heterocycles. The van der Waals surface area contributed by atoms with Gasteiger partial charge in [0.05, 0.1) is 11.2 Å². The maximum Gasteiger partial charge on any atom is 0.240 e. The number of benzene rings is 1. The summed E-state index contributed by atoms with van der Waals surface area (Å²) >= 11 is 0. The second-order valence-corrected chi connectivity index (χ2v) is 7.57. The molecular formula is C16H21NO4S. The van der Waals surface area contributed by atoms with Gasteiger partial charge >= 0.3 is 0 Å². The maximum atomic E-state index is 12.4.